The van der Waals surface area contributed by atoms with E-state index in [1.165, 1.54) is 20.5 Å². The molecule has 9 heteroatoms. The zero-order valence-electron chi connectivity index (χ0n) is 15.8. The quantitative estimate of drug-likeness (QED) is 0.785. The molecule has 1 aromatic heterocycles. The predicted octanol–water partition coefficient (Wildman–Crippen LogP) is 2.53. The van der Waals surface area contributed by atoms with E-state index >= 15 is 0 Å². The summed E-state index contributed by atoms with van der Waals surface area (Å²) >= 11 is 0. The van der Waals surface area contributed by atoms with Gasteiger partial charge >= 0.3 is 0 Å². The average molecular weight is 410 g/mol. The molecule has 28 heavy (non-hydrogen) atoms. The Bertz CT molecular complexity index is 825. The van der Waals surface area contributed by atoms with Crippen molar-refractivity contribution in [1.29, 1.82) is 0 Å². The van der Waals surface area contributed by atoms with E-state index in [9.17, 15) is 9.59 Å². The van der Waals surface area contributed by atoms with Crippen molar-refractivity contribution >= 4 is 29.9 Å². The first-order chi connectivity index (χ1) is 13.0. The van der Waals surface area contributed by atoms with Gasteiger partial charge < -0.3 is 29.8 Å². The summed E-state index contributed by atoms with van der Waals surface area (Å²) in [6.45, 7) is 1.09. The fourth-order valence-electron chi connectivity index (χ4n) is 3.12. The van der Waals surface area contributed by atoms with Gasteiger partial charge in [-0.05, 0) is 31.0 Å². The monoisotopic (exact) mass is 409 g/mol. The number of methoxy groups -OCH3 is 2. The number of furan rings is 1. The second kappa shape index (κ2) is 9.48. The molecule has 8 nitrogen and oxygen atoms in total. The van der Waals surface area contributed by atoms with Crippen molar-refractivity contribution in [2.75, 3.05) is 32.6 Å². The predicted molar refractivity (Wildman–Crippen MR) is 107 cm³/mol. The van der Waals surface area contributed by atoms with Crippen LogP contribution in [0.1, 0.15) is 33.8 Å². The Balaban J connectivity index is 0.00000280. The third-order valence-corrected chi connectivity index (χ3v) is 4.49. The third-order valence-electron chi connectivity index (χ3n) is 4.49. The number of nitrogens with one attached hydrogen (secondary N) is 1. The lowest BCUT2D eigenvalue weighted by Crippen LogP contribution is -2.45. The molecule has 1 aliphatic heterocycles. The van der Waals surface area contributed by atoms with Crippen LogP contribution in [0.2, 0.25) is 0 Å². The van der Waals surface area contributed by atoms with Crippen LogP contribution in [-0.2, 0) is 0 Å². The number of ether oxygens (including phenoxy) is 2. The molecule has 2 amide bonds. The Kier molecular flexibility index (Phi) is 7.31. The van der Waals surface area contributed by atoms with Gasteiger partial charge in [0.25, 0.3) is 11.8 Å². The minimum absolute atomic E-state index is 0. The lowest BCUT2D eigenvalue weighted by molar-refractivity contribution is 0.0709. The highest BCUT2D eigenvalue weighted by Gasteiger charge is 2.26. The minimum Gasteiger partial charge on any atom is -0.493 e. The fourth-order valence-corrected chi connectivity index (χ4v) is 3.12. The number of likely N-dealkylation sites (tertiary alicyclic amines) is 1. The highest BCUT2D eigenvalue weighted by Crippen LogP contribution is 2.34. The fraction of sp³-hybridized carbons (Fsp3) is 0.368. The van der Waals surface area contributed by atoms with Crippen molar-refractivity contribution in [3.05, 3.63) is 41.9 Å². The molecule has 2 heterocycles. The molecule has 0 radical (unpaired) electrons. The van der Waals surface area contributed by atoms with Gasteiger partial charge in [-0.15, -0.1) is 12.4 Å². The largest absolute Gasteiger partial charge is 0.493 e. The Morgan fingerprint density at radius 1 is 1.25 bits per heavy atom. The van der Waals surface area contributed by atoms with Gasteiger partial charge in [-0.25, -0.2) is 0 Å². The van der Waals surface area contributed by atoms with Crippen LogP contribution < -0.4 is 20.5 Å². The van der Waals surface area contributed by atoms with E-state index in [-0.39, 0.29) is 30.1 Å². The molecule has 2 aromatic rings. The lowest BCUT2D eigenvalue weighted by Gasteiger charge is -2.31. The number of benzene rings is 1. The Morgan fingerprint density at radius 2 is 1.96 bits per heavy atom. The topological polar surface area (TPSA) is 107 Å². The molecule has 0 spiro atoms. The van der Waals surface area contributed by atoms with Crippen molar-refractivity contribution in [2.45, 2.75) is 18.9 Å². The molecule has 3 rings (SSSR count). The van der Waals surface area contributed by atoms with E-state index in [1.807, 2.05) is 0 Å². The molecule has 1 saturated heterocycles. The number of halogens is 1. The maximum absolute atomic E-state index is 13.1. The maximum Gasteiger partial charge on any atom is 0.291 e. The number of carbonyl (C=O) groups is 2. The van der Waals surface area contributed by atoms with Crippen LogP contribution in [0.25, 0.3) is 0 Å². The van der Waals surface area contributed by atoms with Crippen molar-refractivity contribution in [2.24, 2.45) is 5.73 Å². The van der Waals surface area contributed by atoms with Gasteiger partial charge in [0.1, 0.15) is 0 Å². The normalized spacial score (nSPS) is 16.1. The van der Waals surface area contributed by atoms with E-state index in [1.54, 1.807) is 29.2 Å². The van der Waals surface area contributed by atoms with Crippen molar-refractivity contribution in [3.8, 4) is 11.5 Å². The number of amides is 2. The number of carbonyl (C=O) groups excluding carboxylic acids is 2. The highest BCUT2D eigenvalue weighted by atomic mass is 35.5. The van der Waals surface area contributed by atoms with E-state index in [0.29, 0.717) is 35.8 Å². The van der Waals surface area contributed by atoms with Gasteiger partial charge in [-0.3, -0.25) is 9.59 Å². The summed E-state index contributed by atoms with van der Waals surface area (Å²) < 4.78 is 15.7. The van der Waals surface area contributed by atoms with Gasteiger partial charge in [-0.2, -0.15) is 0 Å². The molecule has 0 saturated carbocycles. The number of rotatable bonds is 5. The Labute approximate surface area is 169 Å². The van der Waals surface area contributed by atoms with Crippen LogP contribution in [0, 0.1) is 0 Å². The summed E-state index contributed by atoms with van der Waals surface area (Å²) in [5.41, 5.74) is 6.63. The number of anilines is 1. The van der Waals surface area contributed by atoms with Crippen LogP contribution in [-0.4, -0.2) is 50.1 Å². The summed E-state index contributed by atoms with van der Waals surface area (Å²) in [6, 6.07) is 6.24. The van der Waals surface area contributed by atoms with E-state index < -0.39 is 5.91 Å². The zero-order chi connectivity index (χ0) is 19.4. The Morgan fingerprint density at radius 3 is 2.57 bits per heavy atom. The summed E-state index contributed by atoms with van der Waals surface area (Å²) in [5, 5.41) is 2.72. The standard InChI is InChI=1S/C19H23N3O5.ClH/c1-25-16-9-13(19(24)22-7-3-5-12(20)11-22)14(10-17(16)26-2)21-18(23)15-6-4-8-27-15;/h4,6,8-10,12H,3,5,7,11,20H2,1-2H3,(H,21,23);1H. The first-order valence-corrected chi connectivity index (χ1v) is 8.69. The number of hydrogen-bond acceptors (Lipinski definition) is 6. The molecular weight excluding hydrogens is 386 g/mol. The van der Waals surface area contributed by atoms with Crippen LogP contribution >= 0.6 is 12.4 Å². The van der Waals surface area contributed by atoms with Gasteiger partial charge in [0, 0.05) is 25.2 Å². The lowest BCUT2D eigenvalue weighted by atomic mass is 10.0. The van der Waals surface area contributed by atoms with Crippen molar-refractivity contribution in [3.63, 3.8) is 0 Å². The molecule has 1 aromatic carbocycles. The minimum atomic E-state index is -0.461. The van der Waals surface area contributed by atoms with Gasteiger partial charge in [0.15, 0.2) is 17.3 Å². The number of hydrogen-bond donors (Lipinski definition) is 2. The third kappa shape index (κ3) is 4.58. The van der Waals surface area contributed by atoms with Crippen molar-refractivity contribution < 1.29 is 23.5 Å². The number of piperidine rings is 1. The van der Waals surface area contributed by atoms with Crippen LogP contribution in [0.15, 0.2) is 34.9 Å². The maximum atomic E-state index is 13.1. The molecule has 1 fully saturated rings. The molecule has 0 aliphatic carbocycles. The van der Waals surface area contributed by atoms with Gasteiger partial charge in [0.05, 0.1) is 31.7 Å². The SMILES string of the molecule is COc1cc(NC(=O)c2ccco2)c(C(=O)N2CCCC(N)C2)cc1OC.Cl. The molecule has 0 bridgehead atoms. The van der Waals surface area contributed by atoms with E-state index in [4.69, 9.17) is 19.6 Å². The first kappa shape index (κ1) is 21.6. The number of nitrogens with zero attached hydrogens (tertiary/aromatic N) is 1. The van der Waals surface area contributed by atoms with Gasteiger partial charge in [0.2, 0.25) is 0 Å². The smallest absolute Gasteiger partial charge is 0.291 e. The van der Waals surface area contributed by atoms with Crippen molar-refractivity contribution in [1.82, 2.24) is 4.90 Å². The Hall–Kier alpha value is -2.71. The molecule has 3 N–H and O–H groups in total. The average Bonchev–Trinajstić information content (AvgIpc) is 3.22. The molecule has 1 atom stereocenters. The van der Waals surface area contributed by atoms with Gasteiger partial charge in [-0.1, -0.05) is 0 Å². The van der Waals surface area contributed by atoms with Crippen LogP contribution in [0.3, 0.4) is 0 Å². The second-order valence-corrected chi connectivity index (χ2v) is 6.34. The number of nitrogens with two attached hydrogens (primary N) is 1. The van der Waals surface area contributed by atoms with E-state index in [0.717, 1.165) is 12.8 Å². The summed E-state index contributed by atoms with van der Waals surface area (Å²) in [6.07, 6.45) is 3.14. The summed E-state index contributed by atoms with van der Waals surface area (Å²) in [7, 11) is 2.98. The van der Waals surface area contributed by atoms with Crippen LogP contribution in [0.5, 0.6) is 11.5 Å². The first-order valence-electron chi connectivity index (χ1n) is 8.69. The molecule has 1 aliphatic rings. The second-order valence-electron chi connectivity index (χ2n) is 6.34. The molecule has 1 unspecified atom stereocenters. The summed E-state index contributed by atoms with van der Waals surface area (Å²) in [5.74, 6) is 0.262. The highest BCUT2D eigenvalue weighted by molar-refractivity contribution is 6.08. The molecular formula is C19H24ClN3O5. The summed E-state index contributed by atoms with van der Waals surface area (Å²) in [4.78, 5) is 27.2. The van der Waals surface area contributed by atoms with E-state index in [2.05, 4.69) is 5.32 Å². The zero-order valence-corrected chi connectivity index (χ0v) is 16.6. The van der Waals surface area contributed by atoms with Crippen LogP contribution in [0.4, 0.5) is 5.69 Å². The molecule has 152 valence electrons.